The number of aromatic nitrogens is 5. The third-order valence-corrected chi connectivity index (χ3v) is 5.12. The van der Waals surface area contributed by atoms with E-state index in [1.807, 2.05) is 60.0 Å². The summed E-state index contributed by atoms with van der Waals surface area (Å²) in [4.78, 5) is 18.3. The van der Waals surface area contributed by atoms with Gasteiger partial charge in [-0.05, 0) is 49.4 Å². The lowest BCUT2D eigenvalue weighted by Gasteiger charge is -2.11. The van der Waals surface area contributed by atoms with E-state index in [0.717, 1.165) is 22.3 Å². The quantitative estimate of drug-likeness (QED) is 0.455. The molecular weight excluding hydrogens is 391 g/mol. The van der Waals surface area contributed by atoms with Crippen LogP contribution in [-0.4, -0.2) is 24.5 Å². The number of anilines is 1. The molecule has 0 spiro atoms. The molecule has 0 radical (unpaired) electrons. The number of hydrogen-bond acceptors (Lipinski definition) is 5. The average molecular weight is 410 g/mol. The van der Waals surface area contributed by atoms with Crippen LogP contribution in [0.4, 0.5) is 10.2 Å². The van der Waals surface area contributed by atoms with E-state index in [-0.39, 0.29) is 0 Å². The lowest BCUT2D eigenvalue weighted by molar-refractivity contribution is 0.484. The largest absolute Gasteiger partial charge is 0.383 e. The minimum absolute atomic E-state index is 0.398. The van der Waals surface area contributed by atoms with Gasteiger partial charge < -0.3 is 5.73 Å². The zero-order chi connectivity index (χ0) is 21.4. The smallest absolute Gasteiger partial charge is 0.165 e. The molecular formula is C24H19FN6. The van der Waals surface area contributed by atoms with Gasteiger partial charge in [-0.3, -0.25) is 9.55 Å². The fraction of sp³-hybridized carbons (Fsp3) is 0.0833. The number of rotatable bonds is 4. The first-order valence-corrected chi connectivity index (χ1v) is 9.83. The number of nitrogens with two attached hydrogens (primary N) is 1. The van der Waals surface area contributed by atoms with Crippen molar-refractivity contribution in [3.05, 3.63) is 84.2 Å². The Morgan fingerprint density at radius 3 is 2.42 bits per heavy atom. The number of imidazole rings is 1. The Kier molecular flexibility index (Phi) is 4.63. The van der Waals surface area contributed by atoms with Gasteiger partial charge in [0.2, 0.25) is 0 Å². The van der Waals surface area contributed by atoms with Gasteiger partial charge in [-0.1, -0.05) is 23.8 Å². The van der Waals surface area contributed by atoms with E-state index < -0.39 is 6.67 Å². The lowest BCUT2D eigenvalue weighted by atomic mass is 10.2. The van der Waals surface area contributed by atoms with Crippen molar-refractivity contribution in [1.29, 1.82) is 0 Å². The maximum atomic E-state index is 12.9. The molecule has 1 aromatic carbocycles. The van der Waals surface area contributed by atoms with Gasteiger partial charge in [-0.15, -0.1) is 0 Å². The fourth-order valence-electron chi connectivity index (χ4n) is 3.48. The number of nitrogen functional groups attached to an aromatic ring is 1. The van der Waals surface area contributed by atoms with Crippen LogP contribution in [0.2, 0.25) is 0 Å². The van der Waals surface area contributed by atoms with Crippen molar-refractivity contribution in [2.45, 2.75) is 13.6 Å². The summed E-state index contributed by atoms with van der Waals surface area (Å²) in [5.74, 6) is 1.06. The number of aryl methyl sites for hydroxylation is 1. The van der Waals surface area contributed by atoms with Crippen molar-refractivity contribution < 1.29 is 4.39 Å². The van der Waals surface area contributed by atoms with E-state index in [1.165, 1.54) is 6.20 Å². The molecule has 0 saturated carbocycles. The van der Waals surface area contributed by atoms with Crippen LogP contribution in [-0.2, 0) is 6.67 Å². The van der Waals surface area contributed by atoms with Crippen LogP contribution in [0.25, 0.3) is 39.6 Å². The molecule has 4 heterocycles. The summed E-state index contributed by atoms with van der Waals surface area (Å²) < 4.78 is 14.8. The number of nitrogens with zero attached hydrogens (tertiary/aromatic N) is 5. The summed E-state index contributed by atoms with van der Waals surface area (Å²) in [6, 6.07) is 19.1. The van der Waals surface area contributed by atoms with Crippen LogP contribution < -0.4 is 5.73 Å². The van der Waals surface area contributed by atoms with Crippen molar-refractivity contribution in [2.24, 2.45) is 0 Å². The number of fused-ring (bicyclic) bond motifs is 1. The number of hydrogen-bond donors (Lipinski definition) is 1. The molecule has 0 atom stereocenters. The normalized spacial score (nSPS) is 11.2. The maximum absolute atomic E-state index is 12.9. The second-order valence-corrected chi connectivity index (χ2v) is 7.27. The molecule has 4 aromatic heterocycles. The van der Waals surface area contributed by atoms with Crippen LogP contribution in [0.1, 0.15) is 11.1 Å². The third kappa shape index (κ3) is 3.40. The highest BCUT2D eigenvalue weighted by Gasteiger charge is 2.18. The minimum atomic E-state index is -0.546. The second kappa shape index (κ2) is 7.60. The lowest BCUT2D eigenvalue weighted by Crippen LogP contribution is -2.02. The highest BCUT2D eigenvalue weighted by molar-refractivity contribution is 5.84. The molecule has 0 bridgehead atoms. The van der Waals surface area contributed by atoms with Gasteiger partial charge in [0.15, 0.2) is 11.5 Å². The Hall–Kier alpha value is -4.13. The van der Waals surface area contributed by atoms with E-state index >= 15 is 0 Å². The Bertz CT molecular complexity index is 1370. The maximum Gasteiger partial charge on any atom is 0.165 e. The molecule has 0 aliphatic rings. The first-order chi connectivity index (χ1) is 15.1. The Morgan fingerprint density at radius 2 is 1.71 bits per heavy atom. The van der Waals surface area contributed by atoms with Crippen molar-refractivity contribution >= 4 is 17.0 Å². The molecule has 152 valence electrons. The second-order valence-electron chi connectivity index (χ2n) is 7.27. The van der Waals surface area contributed by atoms with E-state index in [0.29, 0.717) is 34.2 Å². The molecule has 0 aliphatic heterocycles. The monoisotopic (exact) mass is 410 g/mol. The zero-order valence-electron chi connectivity index (χ0n) is 16.8. The Morgan fingerprint density at radius 1 is 0.903 bits per heavy atom. The van der Waals surface area contributed by atoms with Gasteiger partial charge in [-0.2, -0.15) is 0 Å². The molecule has 0 aliphatic carbocycles. The molecule has 5 aromatic rings. The molecule has 0 fully saturated rings. The molecule has 7 heteroatoms. The van der Waals surface area contributed by atoms with E-state index in [9.17, 15) is 4.39 Å². The number of benzene rings is 1. The van der Waals surface area contributed by atoms with Crippen molar-refractivity contribution in [1.82, 2.24) is 24.5 Å². The summed E-state index contributed by atoms with van der Waals surface area (Å²) in [6.07, 6.45) is 3.18. The molecule has 0 unspecified atom stereocenters. The first-order valence-electron chi connectivity index (χ1n) is 9.83. The fourth-order valence-corrected chi connectivity index (χ4v) is 3.48. The SMILES string of the molecule is Cc1ccc(-n2c(-c3cccnc3N)nc3ccc(-c4ccc(CF)cn4)nc32)cc1. The molecule has 0 amide bonds. The van der Waals surface area contributed by atoms with Crippen molar-refractivity contribution in [2.75, 3.05) is 5.73 Å². The third-order valence-electron chi connectivity index (χ3n) is 5.12. The average Bonchev–Trinajstić information content (AvgIpc) is 3.18. The van der Waals surface area contributed by atoms with Crippen LogP contribution in [0, 0.1) is 6.92 Å². The zero-order valence-corrected chi connectivity index (χ0v) is 16.8. The van der Waals surface area contributed by atoms with Gasteiger partial charge in [0, 0.05) is 23.6 Å². The van der Waals surface area contributed by atoms with Gasteiger partial charge in [0.1, 0.15) is 18.0 Å². The Labute approximate surface area is 178 Å². The van der Waals surface area contributed by atoms with E-state index in [1.54, 1.807) is 18.3 Å². The standard InChI is InChI=1S/C24H19FN6/c1-15-4-7-17(8-5-15)31-23(18-3-2-12-27-22(18)26)30-21-11-10-20(29-24(21)31)19-9-6-16(13-25)14-28-19/h2-12,14H,13H2,1H3,(H2,26,27). The topological polar surface area (TPSA) is 82.5 Å². The summed E-state index contributed by atoms with van der Waals surface area (Å²) in [6.45, 7) is 1.49. The molecule has 5 rings (SSSR count). The predicted octanol–water partition coefficient (Wildman–Crippen LogP) is 4.90. The van der Waals surface area contributed by atoms with Crippen LogP contribution >= 0.6 is 0 Å². The summed E-state index contributed by atoms with van der Waals surface area (Å²) in [5, 5.41) is 0. The number of halogens is 1. The van der Waals surface area contributed by atoms with Gasteiger partial charge in [0.05, 0.1) is 17.0 Å². The summed E-state index contributed by atoms with van der Waals surface area (Å²) >= 11 is 0. The van der Waals surface area contributed by atoms with Crippen LogP contribution in [0.15, 0.2) is 73.1 Å². The molecule has 6 nitrogen and oxygen atoms in total. The van der Waals surface area contributed by atoms with E-state index in [2.05, 4.69) is 9.97 Å². The molecule has 0 saturated heterocycles. The van der Waals surface area contributed by atoms with Crippen molar-refractivity contribution in [3.63, 3.8) is 0 Å². The predicted molar refractivity (Wildman–Crippen MR) is 119 cm³/mol. The summed E-state index contributed by atoms with van der Waals surface area (Å²) in [7, 11) is 0. The highest BCUT2D eigenvalue weighted by atomic mass is 19.1. The van der Waals surface area contributed by atoms with Gasteiger partial charge in [-0.25, -0.2) is 19.3 Å². The molecule has 2 N–H and O–H groups in total. The first kappa shape index (κ1) is 18.9. The summed E-state index contributed by atoms with van der Waals surface area (Å²) in [5.41, 5.74) is 12.2. The van der Waals surface area contributed by atoms with E-state index in [4.69, 9.17) is 15.7 Å². The van der Waals surface area contributed by atoms with Crippen LogP contribution in [0.3, 0.4) is 0 Å². The Balaban J connectivity index is 1.76. The number of pyridine rings is 3. The minimum Gasteiger partial charge on any atom is -0.383 e. The van der Waals surface area contributed by atoms with Crippen LogP contribution in [0.5, 0.6) is 0 Å². The van der Waals surface area contributed by atoms with Gasteiger partial charge >= 0.3 is 0 Å². The highest BCUT2D eigenvalue weighted by Crippen LogP contribution is 2.31. The van der Waals surface area contributed by atoms with Crippen molar-refractivity contribution in [3.8, 4) is 28.5 Å². The molecule has 31 heavy (non-hydrogen) atoms. The number of alkyl halides is 1. The van der Waals surface area contributed by atoms with Gasteiger partial charge in [0.25, 0.3) is 0 Å².